The number of nitrogens with zero attached hydrogens (tertiary/aromatic N) is 5. The summed E-state index contributed by atoms with van der Waals surface area (Å²) in [7, 11) is 2.18. The van der Waals surface area contributed by atoms with Gasteiger partial charge < -0.3 is 24.0 Å². The lowest BCUT2D eigenvalue weighted by Gasteiger charge is -2.35. The van der Waals surface area contributed by atoms with E-state index in [4.69, 9.17) is 4.74 Å². The molecule has 1 fully saturated rings. The molecule has 1 amide bonds. The minimum atomic E-state index is 0.0664. The lowest BCUT2D eigenvalue weighted by molar-refractivity contribution is -0.137. The van der Waals surface area contributed by atoms with Crippen molar-refractivity contribution in [3.8, 4) is 0 Å². The number of carbonyl (C=O) groups excluding carboxylic acids is 1. The van der Waals surface area contributed by atoms with Crippen LogP contribution >= 0.6 is 0 Å². The fraction of sp³-hybridized carbons (Fsp3) is 0.765. The number of amides is 1. The Morgan fingerprint density at radius 1 is 1.29 bits per heavy atom. The van der Waals surface area contributed by atoms with Gasteiger partial charge in [-0.2, -0.15) is 0 Å². The summed E-state index contributed by atoms with van der Waals surface area (Å²) >= 11 is 0. The zero-order valence-electron chi connectivity index (χ0n) is 14.9. The Hall–Kier alpha value is -1.44. The Labute approximate surface area is 144 Å². The molecule has 2 aliphatic rings. The first kappa shape index (κ1) is 17.4. The van der Waals surface area contributed by atoms with E-state index in [9.17, 15) is 4.79 Å². The first-order valence-corrected chi connectivity index (χ1v) is 8.92. The Balaban J connectivity index is 1.66. The summed E-state index contributed by atoms with van der Waals surface area (Å²) in [6, 6.07) is 0. The molecule has 0 unspecified atom stereocenters. The molecule has 3 heterocycles. The van der Waals surface area contributed by atoms with Gasteiger partial charge in [0.2, 0.25) is 5.91 Å². The zero-order chi connectivity index (χ0) is 16.9. The molecule has 134 valence electrons. The van der Waals surface area contributed by atoms with Crippen LogP contribution in [0.15, 0.2) is 12.4 Å². The molecular weight excluding hydrogens is 306 g/mol. The number of piperazine rings is 1. The van der Waals surface area contributed by atoms with Crippen LogP contribution in [0.2, 0.25) is 0 Å². The Morgan fingerprint density at radius 2 is 2.08 bits per heavy atom. The number of hydrogen-bond acceptors (Lipinski definition) is 5. The molecule has 0 aromatic carbocycles. The highest BCUT2D eigenvalue weighted by Gasteiger charge is 2.27. The largest absolute Gasteiger partial charge is 0.372 e. The quantitative estimate of drug-likeness (QED) is 0.765. The predicted molar refractivity (Wildman–Crippen MR) is 91.6 cm³/mol. The van der Waals surface area contributed by atoms with Crippen LogP contribution in [0.1, 0.15) is 12.7 Å². The average molecular weight is 335 g/mol. The highest BCUT2D eigenvalue weighted by molar-refractivity contribution is 5.77. The van der Waals surface area contributed by atoms with E-state index in [0.29, 0.717) is 19.1 Å². The molecule has 24 heavy (non-hydrogen) atoms. The summed E-state index contributed by atoms with van der Waals surface area (Å²) in [6.45, 7) is 10.4. The normalized spacial score (nSPS) is 23.1. The zero-order valence-corrected chi connectivity index (χ0v) is 14.9. The maximum absolute atomic E-state index is 12.5. The van der Waals surface area contributed by atoms with Crippen LogP contribution in [0, 0.1) is 5.92 Å². The van der Waals surface area contributed by atoms with Crippen molar-refractivity contribution in [1.29, 1.82) is 0 Å². The number of hydrogen-bond donors (Lipinski definition) is 0. The summed E-state index contributed by atoms with van der Waals surface area (Å²) in [5.41, 5.74) is 0. The van der Waals surface area contributed by atoms with Gasteiger partial charge in [0.05, 0.1) is 6.54 Å². The number of ether oxygens (including phenoxy) is 1. The van der Waals surface area contributed by atoms with Gasteiger partial charge >= 0.3 is 0 Å². The van der Waals surface area contributed by atoms with Crippen LogP contribution < -0.4 is 0 Å². The number of fused-ring (bicyclic) bond motifs is 1. The van der Waals surface area contributed by atoms with Crippen molar-refractivity contribution in [2.75, 3.05) is 59.5 Å². The summed E-state index contributed by atoms with van der Waals surface area (Å²) in [6.07, 6.45) is 3.86. The van der Waals surface area contributed by atoms with Crippen molar-refractivity contribution in [2.24, 2.45) is 5.92 Å². The fourth-order valence-corrected chi connectivity index (χ4v) is 3.52. The SMILES string of the molecule is CCOCC(=O)N1Cc2nccn2C[C@H](CN2CCN(C)CC2)C1. The minimum absolute atomic E-state index is 0.0664. The van der Waals surface area contributed by atoms with Crippen LogP contribution in [0.3, 0.4) is 0 Å². The summed E-state index contributed by atoms with van der Waals surface area (Å²) < 4.78 is 7.52. The van der Waals surface area contributed by atoms with Gasteiger partial charge in [-0.05, 0) is 14.0 Å². The van der Waals surface area contributed by atoms with Crippen molar-refractivity contribution in [1.82, 2.24) is 24.3 Å². The Bertz CT molecular complexity index is 539. The average Bonchev–Trinajstić information content (AvgIpc) is 2.93. The van der Waals surface area contributed by atoms with E-state index >= 15 is 0 Å². The first-order valence-electron chi connectivity index (χ1n) is 8.92. The van der Waals surface area contributed by atoms with Gasteiger partial charge in [-0.25, -0.2) is 4.98 Å². The molecule has 0 N–H and O–H groups in total. The number of likely N-dealkylation sites (N-methyl/N-ethyl adjacent to an activating group) is 1. The van der Waals surface area contributed by atoms with Crippen molar-refractivity contribution in [3.63, 3.8) is 0 Å². The van der Waals surface area contributed by atoms with E-state index in [2.05, 4.69) is 26.4 Å². The highest BCUT2D eigenvalue weighted by Crippen LogP contribution is 2.17. The van der Waals surface area contributed by atoms with E-state index in [1.165, 1.54) is 0 Å². The molecule has 7 heteroatoms. The van der Waals surface area contributed by atoms with E-state index in [1.54, 1.807) is 0 Å². The molecule has 0 spiro atoms. The third-order valence-electron chi connectivity index (χ3n) is 4.96. The summed E-state index contributed by atoms with van der Waals surface area (Å²) in [4.78, 5) is 23.7. The Morgan fingerprint density at radius 3 is 2.83 bits per heavy atom. The van der Waals surface area contributed by atoms with E-state index in [1.807, 2.05) is 24.2 Å². The van der Waals surface area contributed by atoms with Gasteiger partial charge in [0.15, 0.2) is 0 Å². The van der Waals surface area contributed by atoms with Crippen molar-refractivity contribution in [3.05, 3.63) is 18.2 Å². The van der Waals surface area contributed by atoms with Crippen LogP contribution in [0.4, 0.5) is 0 Å². The number of imidazole rings is 1. The molecule has 1 aromatic rings. The lowest BCUT2D eigenvalue weighted by atomic mass is 10.1. The lowest BCUT2D eigenvalue weighted by Crippen LogP contribution is -2.48. The van der Waals surface area contributed by atoms with Crippen molar-refractivity contribution < 1.29 is 9.53 Å². The minimum Gasteiger partial charge on any atom is -0.372 e. The van der Waals surface area contributed by atoms with Crippen LogP contribution in [-0.4, -0.2) is 89.7 Å². The van der Waals surface area contributed by atoms with Gasteiger partial charge in [0.25, 0.3) is 0 Å². The van der Waals surface area contributed by atoms with Crippen LogP contribution in [0.5, 0.6) is 0 Å². The van der Waals surface area contributed by atoms with Crippen LogP contribution in [-0.2, 0) is 22.6 Å². The summed E-state index contributed by atoms with van der Waals surface area (Å²) in [5.74, 6) is 1.46. The molecule has 0 aliphatic carbocycles. The van der Waals surface area contributed by atoms with Gasteiger partial charge in [-0.1, -0.05) is 0 Å². The maximum atomic E-state index is 12.5. The molecule has 7 nitrogen and oxygen atoms in total. The molecule has 1 atom stereocenters. The Kier molecular flexibility index (Phi) is 5.86. The van der Waals surface area contributed by atoms with Gasteiger partial charge in [0.1, 0.15) is 12.4 Å². The number of rotatable bonds is 5. The predicted octanol–water partition coefficient (Wildman–Crippen LogP) is 0.125. The third-order valence-corrected chi connectivity index (χ3v) is 4.96. The topological polar surface area (TPSA) is 53.8 Å². The fourth-order valence-electron chi connectivity index (χ4n) is 3.52. The molecule has 0 saturated carbocycles. The van der Waals surface area contributed by atoms with E-state index in [0.717, 1.165) is 51.6 Å². The monoisotopic (exact) mass is 335 g/mol. The number of carbonyl (C=O) groups is 1. The van der Waals surface area contributed by atoms with E-state index < -0.39 is 0 Å². The molecule has 1 saturated heterocycles. The summed E-state index contributed by atoms with van der Waals surface area (Å²) in [5, 5.41) is 0. The second kappa shape index (κ2) is 8.09. The molecular formula is C17H29N5O2. The molecule has 1 aromatic heterocycles. The molecule has 0 bridgehead atoms. The highest BCUT2D eigenvalue weighted by atomic mass is 16.5. The number of aromatic nitrogens is 2. The van der Waals surface area contributed by atoms with Gasteiger partial charge in [0, 0.05) is 70.7 Å². The van der Waals surface area contributed by atoms with Crippen molar-refractivity contribution in [2.45, 2.75) is 20.0 Å². The maximum Gasteiger partial charge on any atom is 0.248 e. The second-order valence-corrected chi connectivity index (χ2v) is 6.88. The first-order chi connectivity index (χ1) is 11.7. The van der Waals surface area contributed by atoms with E-state index in [-0.39, 0.29) is 12.5 Å². The second-order valence-electron chi connectivity index (χ2n) is 6.88. The van der Waals surface area contributed by atoms with Crippen molar-refractivity contribution >= 4 is 5.91 Å². The molecule has 2 aliphatic heterocycles. The van der Waals surface area contributed by atoms with Gasteiger partial charge in [-0.15, -0.1) is 0 Å². The standard InChI is InChI=1S/C17H29N5O2/c1-3-24-14-17(23)22-12-15(10-20-8-6-19(2)7-9-20)11-21-5-4-18-16(21)13-22/h4-5,15H,3,6-14H2,1-2H3/t15-/m0/s1. The molecule has 3 rings (SSSR count). The van der Waals surface area contributed by atoms with Gasteiger partial charge in [-0.3, -0.25) is 4.79 Å². The molecule has 0 radical (unpaired) electrons. The third kappa shape index (κ3) is 4.34. The smallest absolute Gasteiger partial charge is 0.248 e. The van der Waals surface area contributed by atoms with Crippen LogP contribution in [0.25, 0.3) is 0 Å².